The predicted octanol–water partition coefficient (Wildman–Crippen LogP) is 0.0555. The van der Waals surface area contributed by atoms with Gasteiger partial charge in [-0.2, -0.15) is 0 Å². The van der Waals surface area contributed by atoms with Gasteiger partial charge in [0.25, 0.3) is 0 Å². The fraction of sp³-hybridized carbons (Fsp3) is 0.727. The van der Waals surface area contributed by atoms with Gasteiger partial charge in [-0.3, -0.25) is 9.69 Å². The van der Waals surface area contributed by atoms with E-state index in [1.54, 1.807) is 0 Å². The van der Waals surface area contributed by atoms with Crippen molar-refractivity contribution in [1.29, 1.82) is 0 Å². The number of amides is 3. The average molecular weight is 289 g/mol. The molecule has 19 heavy (non-hydrogen) atoms. The zero-order chi connectivity index (χ0) is 14.6. The maximum atomic E-state index is 12.0. The van der Waals surface area contributed by atoms with Gasteiger partial charge in [-0.25, -0.2) is 9.59 Å². The van der Waals surface area contributed by atoms with Gasteiger partial charge in [0.05, 0.1) is 5.37 Å². The van der Waals surface area contributed by atoms with Gasteiger partial charge < -0.3 is 16.2 Å². The summed E-state index contributed by atoms with van der Waals surface area (Å²) in [6.07, 6.45) is 0.0385. The van der Waals surface area contributed by atoms with E-state index in [9.17, 15) is 14.4 Å². The summed E-state index contributed by atoms with van der Waals surface area (Å²) in [4.78, 5) is 35.2. The summed E-state index contributed by atoms with van der Waals surface area (Å²) in [5.41, 5.74) is 4.98. The number of nitrogens with two attached hydrogens (primary N) is 1. The van der Waals surface area contributed by atoms with Crippen LogP contribution in [0, 0.1) is 5.92 Å². The Morgan fingerprint density at radius 1 is 1.47 bits per heavy atom. The van der Waals surface area contributed by atoms with Crippen LogP contribution in [0.1, 0.15) is 20.3 Å². The van der Waals surface area contributed by atoms with Crippen molar-refractivity contribution in [3.05, 3.63) is 0 Å². The Balaban J connectivity index is 2.69. The number of thioether (sulfide) groups is 1. The van der Waals surface area contributed by atoms with Crippen molar-refractivity contribution in [2.75, 3.05) is 12.3 Å². The minimum Gasteiger partial charge on any atom is -0.480 e. The summed E-state index contributed by atoms with van der Waals surface area (Å²) in [7, 11) is 0. The molecule has 0 saturated carbocycles. The number of nitrogens with zero attached hydrogens (tertiary/aromatic N) is 1. The van der Waals surface area contributed by atoms with Crippen molar-refractivity contribution >= 4 is 29.7 Å². The number of aliphatic carboxylic acids is 1. The number of carbonyl (C=O) groups is 3. The Bertz CT molecular complexity index is 375. The number of hydrogen-bond donors (Lipinski definition) is 3. The van der Waals surface area contributed by atoms with E-state index in [0.29, 0.717) is 5.75 Å². The molecule has 0 aromatic carbocycles. The third-order valence-electron chi connectivity index (χ3n) is 2.77. The molecule has 1 heterocycles. The minimum atomic E-state index is -1.01. The number of urea groups is 1. The molecule has 2 atom stereocenters. The summed E-state index contributed by atoms with van der Waals surface area (Å²) >= 11 is 1.46. The van der Waals surface area contributed by atoms with Crippen molar-refractivity contribution < 1.29 is 19.5 Å². The average Bonchev–Trinajstić information content (AvgIpc) is 2.72. The number of nitrogens with one attached hydrogen (secondary N) is 1. The van der Waals surface area contributed by atoms with Crippen LogP contribution in [-0.4, -0.2) is 51.6 Å². The minimum absolute atomic E-state index is 0.0385. The first-order valence-electron chi connectivity index (χ1n) is 6.03. The van der Waals surface area contributed by atoms with Gasteiger partial charge in [0.1, 0.15) is 6.04 Å². The number of hydrogen-bond acceptors (Lipinski definition) is 4. The van der Waals surface area contributed by atoms with Crippen LogP contribution < -0.4 is 11.1 Å². The quantitative estimate of drug-likeness (QED) is 0.662. The van der Waals surface area contributed by atoms with E-state index in [1.165, 1.54) is 16.7 Å². The Kier molecular flexibility index (Phi) is 5.46. The summed E-state index contributed by atoms with van der Waals surface area (Å²) < 4.78 is 0. The molecule has 4 N–H and O–H groups in total. The third-order valence-corrected chi connectivity index (χ3v) is 4.39. The molecular weight excluding hydrogens is 270 g/mol. The number of carboxylic acid groups (broad SMARTS) is 1. The highest BCUT2D eigenvalue weighted by molar-refractivity contribution is 8.00. The molecule has 8 heteroatoms. The normalized spacial score (nSPS) is 22.6. The SMILES string of the molecule is CC(C)C1SCC(C(=O)O)N1C(=O)NCCC(N)=O. The van der Waals surface area contributed by atoms with Crippen molar-refractivity contribution in [1.82, 2.24) is 10.2 Å². The molecule has 1 aliphatic rings. The van der Waals surface area contributed by atoms with Crippen LogP contribution in [0.3, 0.4) is 0 Å². The first-order chi connectivity index (χ1) is 8.84. The molecule has 0 aromatic rings. The lowest BCUT2D eigenvalue weighted by Gasteiger charge is -2.29. The van der Waals surface area contributed by atoms with Crippen LogP contribution in [0.4, 0.5) is 4.79 Å². The van der Waals surface area contributed by atoms with E-state index in [4.69, 9.17) is 10.8 Å². The smallest absolute Gasteiger partial charge is 0.327 e. The summed E-state index contributed by atoms with van der Waals surface area (Å²) in [5.74, 6) is -0.996. The van der Waals surface area contributed by atoms with Gasteiger partial charge in [0.15, 0.2) is 0 Å². The van der Waals surface area contributed by atoms with Gasteiger partial charge in [0, 0.05) is 18.7 Å². The molecule has 108 valence electrons. The first-order valence-corrected chi connectivity index (χ1v) is 7.08. The van der Waals surface area contributed by atoms with E-state index >= 15 is 0 Å². The van der Waals surface area contributed by atoms with Gasteiger partial charge in [-0.1, -0.05) is 13.8 Å². The van der Waals surface area contributed by atoms with E-state index in [1.807, 2.05) is 13.8 Å². The van der Waals surface area contributed by atoms with Crippen LogP contribution in [0.25, 0.3) is 0 Å². The second kappa shape index (κ2) is 6.65. The number of rotatable bonds is 5. The van der Waals surface area contributed by atoms with Crippen molar-refractivity contribution in [3.8, 4) is 0 Å². The standard InChI is InChI=1S/C11H19N3O4S/c1-6(2)9-14(7(5-19-9)10(16)17)11(18)13-4-3-8(12)15/h6-7,9H,3-5H2,1-2H3,(H2,12,15)(H,13,18)(H,16,17). The predicted molar refractivity (Wildman–Crippen MR) is 71.6 cm³/mol. The van der Waals surface area contributed by atoms with Crippen molar-refractivity contribution in [2.24, 2.45) is 11.7 Å². The van der Waals surface area contributed by atoms with Gasteiger partial charge in [-0.15, -0.1) is 11.8 Å². The molecule has 1 fully saturated rings. The molecule has 1 aliphatic heterocycles. The lowest BCUT2D eigenvalue weighted by atomic mass is 10.2. The van der Waals surface area contributed by atoms with Crippen LogP contribution in [-0.2, 0) is 9.59 Å². The van der Waals surface area contributed by atoms with E-state index in [-0.39, 0.29) is 24.3 Å². The molecule has 0 spiro atoms. The van der Waals surface area contributed by atoms with Crippen molar-refractivity contribution in [3.63, 3.8) is 0 Å². The van der Waals surface area contributed by atoms with Gasteiger partial charge >= 0.3 is 12.0 Å². The van der Waals surface area contributed by atoms with E-state index in [2.05, 4.69) is 5.32 Å². The van der Waals surface area contributed by atoms with E-state index in [0.717, 1.165) is 0 Å². The molecule has 1 rings (SSSR count). The zero-order valence-corrected chi connectivity index (χ0v) is 11.8. The van der Waals surface area contributed by atoms with E-state index < -0.39 is 23.9 Å². The second-order valence-corrected chi connectivity index (χ2v) is 5.83. The fourth-order valence-electron chi connectivity index (χ4n) is 1.87. The van der Waals surface area contributed by atoms with Crippen molar-refractivity contribution in [2.45, 2.75) is 31.7 Å². The highest BCUT2D eigenvalue weighted by atomic mass is 32.2. The lowest BCUT2D eigenvalue weighted by molar-refractivity contribution is -0.141. The molecule has 1 saturated heterocycles. The molecule has 2 unspecified atom stereocenters. The van der Waals surface area contributed by atoms with Gasteiger partial charge in [-0.05, 0) is 5.92 Å². The Labute approximate surface area is 115 Å². The number of carboxylic acids is 1. The highest BCUT2D eigenvalue weighted by Gasteiger charge is 2.42. The molecule has 3 amide bonds. The van der Waals surface area contributed by atoms with Crippen LogP contribution >= 0.6 is 11.8 Å². The highest BCUT2D eigenvalue weighted by Crippen LogP contribution is 2.33. The summed E-state index contributed by atoms with van der Waals surface area (Å²) in [6, 6.07) is -1.29. The maximum absolute atomic E-state index is 12.0. The monoisotopic (exact) mass is 289 g/mol. The first kappa shape index (κ1) is 15.6. The molecule has 7 nitrogen and oxygen atoms in total. The lowest BCUT2D eigenvalue weighted by Crippen LogP contribution is -2.51. The topological polar surface area (TPSA) is 113 Å². The molecule has 0 bridgehead atoms. The maximum Gasteiger partial charge on any atom is 0.327 e. The summed E-state index contributed by atoms with van der Waals surface area (Å²) in [5, 5.41) is 11.5. The third kappa shape index (κ3) is 4.02. The number of carbonyl (C=O) groups excluding carboxylic acids is 2. The molecule has 0 radical (unpaired) electrons. The molecular formula is C11H19N3O4S. The molecule has 0 aliphatic carbocycles. The summed E-state index contributed by atoms with van der Waals surface area (Å²) in [6.45, 7) is 3.99. The van der Waals surface area contributed by atoms with Crippen LogP contribution in [0.2, 0.25) is 0 Å². The Morgan fingerprint density at radius 2 is 2.11 bits per heavy atom. The molecule has 0 aromatic heterocycles. The zero-order valence-electron chi connectivity index (χ0n) is 11.0. The Morgan fingerprint density at radius 3 is 2.58 bits per heavy atom. The van der Waals surface area contributed by atoms with Crippen LogP contribution in [0.5, 0.6) is 0 Å². The fourth-order valence-corrected chi connectivity index (χ4v) is 3.34. The number of primary amides is 1. The Hall–Kier alpha value is -1.44. The van der Waals surface area contributed by atoms with Gasteiger partial charge in [0.2, 0.25) is 5.91 Å². The largest absolute Gasteiger partial charge is 0.480 e. The second-order valence-electron chi connectivity index (χ2n) is 4.68. The van der Waals surface area contributed by atoms with Crippen LogP contribution in [0.15, 0.2) is 0 Å².